The van der Waals surface area contributed by atoms with E-state index in [1.807, 2.05) is 0 Å². The minimum Gasteiger partial charge on any atom is -0.406 e. The molecule has 1 aromatic heterocycles. The first-order valence-corrected chi connectivity index (χ1v) is 5.31. The van der Waals surface area contributed by atoms with Gasteiger partial charge in [0.15, 0.2) is 0 Å². The molecule has 0 saturated carbocycles. The summed E-state index contributed by atoms with van der Waals surface area (Å²) in [6, 6.07) is 6.06. The van der Waals surface area contributed by atoms with Crippen molar-refractivity contribution in [3.8, 4) is 5.75 Å². The van der Waals surface area contributed by atoms with Crippen molar-refractivity contribution in [2.75, 3.05) is 11.1 Å². The molecule has 1 aromatic carbocycles. The smallest absolute Gasteiger partial charge is 0.406 e. The van der Waals surface area contributed by atoms with Crippen molar-refractivity contribution in [2.45, 2.75) is 6.36 Å². The van der Waals surface area contributed by atoms with Crippen LogP contribution in [0.15, 0.2) is 30.3 Å². The molecule has 0 unspecified atom stereocenters. The number of hydrogen-bond donors (Lipinski definition) is 3. The number of nitrogens with one attached hydrogen (secondary N) is 2. The summed E-state index contributed by atoms with van der Waals surface area (Å²) in [5.74, 6) is -0.732. The van der Waals surface area contributed by atoms with E-state index in [0.29, 0.717) is 5.69 Å². The fraction of sp³-hybridized carbons (Fsp3) is 0.0909. The summed E-state index contributed by atoms with van der Waals surface area (Å²) in [6.07, 6.45) is -4.75. The van der Waals surface area contributed by atoms with Crippen molar-refractivity contribution in [3.63, 3.8) is 0 Å². The van der Waals surface area contributed by atoms with Gasteiger partial charge in [0.1, 0.15) is 17.3 Å². The van der Waals surface area contributed by atoms with E-state index in [4.69, 9.17) is 5.73 Å². The van der Waals surface area contributed by atoms with Gasteiger partial charge < -0.3 is 15.8 Å². The Morgan fingerprint density at radius 1 is 1.30 bits per heavy atom. The number of anilines is 2. The molecule has 0 fully saturated rings. The highest BCUT2D eigenvalue weighted by molar-refractivity contribution is 6.03. The molecule has 0 aliphatic rings. The van der Waals surface area contributed by atoms with Crippen LogP contribution < -0.4 is 15.8 Å². The average molecular weight is 286 g/mol. The molecule has 106 valence electrons. The number of amides is 1. The van der Waals surface area contributed by atoms with Gasteiger partial charge in [0, 0.05) is 11.8 Å². The third-order valence-electron chi connectivity index (χ3n) is 2.19. The number of H-pyrrole nitrogens is 1. The average Bonchev–Trinajstić information content (AvgIpc) is 2.77. The van der Waals surface area contributed by atoms with Crippen LogP contribution in [-0.4, -0.2) is 22.5 Å². The van der Waals surface area contributed by atoms with Crippen molar-refractivity contribution in [2.24, 2.45) is 0 Å². The highest BCUT2D eigenvalue weighted by atomic mass is 19.4. The maximum absolute atomic E-state index is 12.0. The monoisotopic (exact) mass is 286 g/mol. The molecule has 0 saturated heterocycles. The summed E-state index contributed by atoms with van der Waals surface area (Å²) in [7, 11) is 0. The largest absolute Gasteiger partial charge is 0.573 e. The van der Waals surface area contributed by atoms with Gasteiger partial charge >= 0.3 is 6.36 Å². The lowest BCUT2D eigenvalue weighted by Gasteiger charge is -2.09. The number of nitrogens with two attached hydrogens (primary N) is 1. The fourth-order valence-corrected chi connectivity index (χ4v) is 1.39. The van der Waals surface area contributed by atoms with Gasteiger partial charge in [0.2, 0.25) is 0 Å². The van der Waals surface area contributed by atoms with Crippen molar-refractivity contribution in [3.05, 3.63) is 36.0 Å². The number of benzene rings is 1. The lowest BCUT2D eigenvalue weighted by molar-refractivity contribution is -0.274. The third kappa shape index (κ3) is 3.64. The number of carbonyl (C=O) groups excluding carboxylic acids is 1. The van der Waals surface area contributed by atoms with Gasteiger partial charge in [-0.1, -0.05) is 0 Å². The van der Waals surface area contributed by atoms with Crippen LogP contribution in [0.4, 0.5) is 24.7 Å². The molecule has 6 nitrogen and oxygen atoms in total. The quantitative estimate of drug-likeness (QED) is 0.806. The Labute approximate surface area is 110 Å². The number of carbonyl (C=O) groups is 1. The molecule has 2 aromatic rings. The topological polar surface area (TPSA) is 93.0 Å². The number of aromatic nitrogens is 2. The van der Waals surface area contributed by atoms with Gasteiger partial charge in [-0.15, -0.1) is 13.2 Å². The van der Waals surface area contributed by atoms with Gasteiger partial charge in [-0.2, -0.15) is 5.10 Å². The number of alkyl halides is 3. The lowest BCUT2D eigenvalue weighted by atomic mass is 10.3. The number of ether oxygens (including phenoxy) is 1. The van der Waals surface area contributed by atoms with E-state index < -0.39 is 12.3 Å². The molecule has 0 radical (unpaired) electrons. The van der Waals surface area contributed by atoms with Crippen LogP contribution in [-0.2, 0) is 0 Å². The minimum atomic E-state index is -4.75. The molecule has 9 heteroatoms. The predicted octanol–water partition coefficient (Wildman–Crippen LogP) is 2.14. The van der Waals surface area contributed by atoms with E-state index in [1.165, 1.54) is 18.2 Å². The molecule has 20 heavy (non-hydrogen) atoms. The van der Waals surface area contributed by atoms with Gasteiger partial charge in [0.05, 0.1) is 0 Å². The number of hydrogen-bond acceptors (Lipinski definition) is 4. The maximum atomic E-state index is 12.0. The van der Waals surface area contributed by atoms with Crippen LogP contribution in [0.2, 0.25) is 0 Å². The molecule has 1 heterocycles. The van der Waals surface area contributed by atoms with E-state index in [0.717, 1.165) is 12.1 Å². The maximum Gasteiger partial charge on any atom is 0.573 e. The van der Waals surface area contributed by atoms with Crippen molar-refractivity contribution < 1.29 is 22.7 Å². The molecular weight excluding hydrogens is 277 g/mol. The number of nitrogens with zero attached hydrogens (tertiary/aromatic N) is 1. The third-order valence-corrected chi connectivity index (χ3v) is 2.19. The second kappa shape index (κ2) is 5.11. The number of nitrogen functional groups attached to an aromatic ring is 1. The number of halogens is 3. The Morgan fingerprint density at radius 2 is 1.95 bits per heavy atom. The molecule has 0 aliphatic heterocycles. The Hall–Kier alpha value is -2.71. The summed E-state index contributed by atoms with van der Waals surface area (Å²) in [6.45, 7) is 0. The Morgan fingerprint density at radius 3 is 2.45 bits per heavy atom. The zero-order valence-corrected chi connectivity index (χ0v) is 9.86. The molecule has 2 rings (SSSR count). The highest BCUT2D eigenvalue weighted by Gasteiger charge is 2.30. The molecular formula is C11H9F3N4O2. The van der Waals surface area contributed by atoms with E-state index >= 15 is 0 Å². The number of rotatable bonds is 3. The Balaban J connectivity index is 2.02. The molecule has 1 amide bonds. The summed E-state index contributed by atoms with van der Waals surface area (Å²) in [5.41, 5.74) is 5.78. The van der Waals surface area contributed by atoms with Crippen LogP contribution in [0.3, 0.4) is 0 Å². The van der Waals surface area contributed by atoms with E-state index in [-0.39, 0.29) is 17.3 Å². The van der Waals surface area contributed by atoms with E-state index in [9.17, 15) is 18.0 Å². The first-order valence-electron chi connectivity index (χ1n) is 5.31. The van der Waals surface area contributed by atoms with Crippen molar-refractivity contribution in [1.82, 2.24) is 10.2 Å². The first-order chi connectivity index (χ1) is 9.33. The van der Waals surface area contributed by atoms with Crippen LogP contribution in [0.1, 0.15) is 10.5 Å². The second-order valence-corrected chi connectivity index (χ2v) is 3.73. The van der Waals surface area contributed by atoms with Crippen LogP contribution >= 0.6 is 0 Å². The SMILES string of the molecule is Nc1cc(C(=O)Nc2ccc(OC(F)(F)F)cc2)[nH]n1. The van der Waals surface area contributed by atoms with Gasteiger partial charge in [-0.3, -0.25) is 9.89 Å². The summed E-state index contributed by atoms with van der Waals surface area (Å²) >= 11 is 0. The molecule has 0 aliphatic carbocycles. The minimum absolute atomic E-state index is 0.137. The van der Waals surface area contributed by atoms with Crippen LogP contribution in [0.25, 0.3) is 0 Å². The number of aromatic amines is 1. The second-order valence-electron chi connectivity index (χ2n) is 3.73. The summed E-state index contributed by atoms with van der Waals surface area (Å²) < 4.78 is 39.6. The molecule has 0 atom stereocenters. The van der Waals surface area contributed by atoms with E-state index in [1.54, 1.807) is 0 Å². The van der Waals surface area contributed by atoms with Gasteiger partial charge in [0.25, 0.3) is 5.91 Å². The normalized spacial score (nSPS) is 11.2. The van der Waals surface area contributed by atoms with Crippen LogP contribution in [0.5, 0.6) is 5.75 Å². The van der Waals surface area contributed by atoms with Gasteiger partial charge in [-0.05, 0) is 24.3 Å². The fourth-order valence-electron chi connectivity index (χ4n) is 1.39. The van der Waals surface area contributed by atoms with Gasteiger partial charge in [-0.25, -0.2) is 0 Å². The Kier molecular flexibility index (Phi) is 3.51. The first kappa shape index (κ1) is 13.7. The molecule has 0 spiro atoms. The van der Waals surface area contributed by atoms with Crippen LogP contribution in [0, 0.1) is 0 Å². The lowest BCUT2D eigenvalue weighted by Crippen LogP contribution is -2.17. The highest BCUT2D eigenvalue weighted by Crippen LogP contribution is 2.24. The van der Waals surface area contributed by atoms with Crippen molar-refractivity contribution >= 4 is 17.4 Å². The van der Waals surface area contributed by atoms with Crippen molar-refractivity contribution in [1.29, 1.82) is 0 Å². The predicted molar refractivity (Wildman–Crippen MR) is 64.1 cm³/mol. The summed E-state index contributed by atoms with van der Waals surface area (Å²) in [4.78, 5) is 11.7. The molecule has 0 bridgehead atoms. The molecule has 4 N–H and O–H groups in total. The zero-order valence-electron chi connectivity index (χ0n) is 9.86. The Bertz CT molecular complexity index is 607. The zero-order chi connectivity index (χ0) is 14.8. The summed E-state index contributed by atoms with van der Waals surface area (Å²) in [5, 5.41) is 8.45. The van der Waals surface area contributed by atoms with E-state index in [2.05, 4.69) is 20.3 Å². The standard InChI is InChI=1S/C11H9F3N4O2/c12-11(13,14)20-7-3-1-6(2-4-7)16-10(19)8-5-9(15)18-17-8/h1-5H,(H,16,19)(H3,15,17,18).